The third kappa shape index (κ3) is 1.93. The van der Waals surface area contributed by atoms with Crippen LogP contribution in [0.1, 0.15) is 18.4 Å². The third-order valence-corrected chi connectivity index (χ3v) is 2.91. The minimum Gasteiger partial charge on any atom is -0.325 e. The minimum atomic E-state index is -0.113. The molecule has 1 aliphatic carbocycles. The van der Waals surface area contributed by atoms with Crippen molar-refractivity contribution in [2.75, 3.05) is 0 Å². The fourth-order valence-corrected chi connectivity index (χ4v) is 1.65. The van der Waals surface area contributed by atoms with Crippen molar-refractivity contribution in [2.24, 2.45) is 5.73 Å². The van der Waals surface area contributed by atoms with Gasteiger partial charge in [-0.15, -0.1) is 0 Å². The molecule has 0 aliphatic heterocycles. The van der Waals surface area contributed by atoms with Crippen LogP contribution in [0.5, 0.6) is 0 Å². The molecule has 0 saturated heterocycles. The monoisotopic (exact) mass is 217 g/mol. The average molecular weight is 218 g/mol. The van der Waals surface area contributed by atoms with Gasteiger partial charge in [0.05, 0.1) is 0 Å². The molecule has 0 unspecified atom stereocenters. The SMILES string of the molecule is NC1(Cc2c(Cl)ncnc2Cl)CC1. The van der Waals surface area contributed by atoms with Crippen molar-refractivity contribution in [1.82, 2.24) is 9.97 Å². The molecule has 2 rings (SSSR count). The largest absolute Gasteiger partial charge is 0.325 e. The first-order valence-electron chi connectivity index (χ1n) is 4.04. The molecule has 70 valence electrons. The lowest BCUT2D eigenvalue weighted by atomic mass is 10.1. The highest BCUT2D eigenvalue weighted by Gasteiger charge is 2.39. The van der Waals surface area contributed by atoms with Crippen molar-refractivity contribution < 1.29 is 0 Å². The normalized spacial score (nSPS) is 18.7. The van der Waals surface area contributed by atoms with Gasteiger partial charge in [0.2, 0.25) is 0 Å². The number of aromatic nitrogens is 2. The van der Waals surface area contributed by atoms with Crippen LogP contribution in [0, 0.1) is 0 Å². The van der Waals surface area contributed by atoms with Gasteiger partial charge in [-0.2, -0.15) is 0 Å². The highest BCUT2D eigenvalue weighted by molar-refractivity contribution is 6.34. The van der Waals surface area contributed by atoms with Crippen LogP contribution in [0.25, 0.3) is 0 Å². The van der Waals surface area contributed by atoms with Gasteiger partial charge >= 0.3 is 0 Å². The second-order valence-corrected chi connectivity index (χ2v) is 4.19. The highest BCUT2D eigenvalue weighted by Crippen LogP contribution is 2.38. The maximum Gasteiger partial charge on any atom is 0.137 e. The van der Waals surface area contributed by atoms with Crippen LogP contribution in [0.3, 0.4) is 0 Å². The molecular formula is C8H9Cl2N3. The lowest BCUT2D eigenvalue weighted by molar-refractivity contribution is 0.668. The lowest BCUT2D eigenvalue weighted by Crippen LogP contribution is -2.25. The van der Waals surface area contributed by atoms with Gasteiger partial charge in [0.15, 0.2) is 0 Å². The van der Waals surface area contributed by atoms with Gasteiger partial charge in [-0.3, -0.25) is 0 Å². The minimum absolute atomic E-state index is 0.113. The number of nitrogens with zero attached hydrogens (tertiary/aromatic N) is 2. The third-order valence-electron chi connectivity index (χ3n) is 2.26. The smallest absolute Gasteiger partial charge is 0.137 e. The molecule has 1 fully saturated rings. The molecule has 5 heteroatoms. The summed E-state index contributed by atoms with van der Waals surface area (Å²) >= 11 is 11.7. The second-order valence-electron chi connectivity index (χ2n) is 3.47. The van der Waals surface area contributed by atoms with Crippen molar-refractivity contribution >= 4 is 23.2 Å². The van der Waals surface area contributed by atoms with Gasteiger partial charge in [0, 0.05) is 11.1 Å². The van der Waals surface area contributed by atoms with Crippen molar-refractivity contribution in [3.8, 4) is 0 Å². The van der Waals surface area contributed by atoms with Crippen LogP contribution in [-0.2, 0) is 6.42 Å². The Hall–Kier alpha value is -0.380. The van der Waals surface area contributed by atoms with E-state index in [-0.39, 0.29) is 5.54 Å². The van der Waals surface area contributed by atoms with E-state index in [9.17, 15) is 0 Å². The molecule has 2 N–H and O–H groups in total. The van der Waals surface area contributed by atoms with E-state index in [1.807, 2.05) is 0 Å². The number of rotatable bonds is 2. The van der Waals surface area contributed by atoms with E-state index in [0.29, 0.717) is 16.7 Å². The molecular weight excluding hydrogens is 209 g/mol. The first-order valence-corrected chi connectivity index (χ1v) is 4.80. The fraction of sp³-hybridized carbons (Fsp3) is 0.500. The van der Waals surface area contributed by atoms with Crippen LogP contribution in [0.2, 0.25) is 10.3 Å². The van der Waals surface area contributed by atoms with Crippen molar-refractivity contribution in [3.05, 3.63) is 22.2 Å². The van der Waals surface area contributed by atoms with Gasteiger partial charge in [-0.25, -0.2) is 9.97 Å². The Morgan fingerprint density at radius 3 is 2.31 bits per heavy atom. The summed E-state index contributed by atoms with van der Waals surface area (Å²) < 4.78 is 0. The maximum absolute atomic E-state index is 5.94. The number of halogens is 2. The van der Waals surface area contributed by atoms with E-state index in [1.165, 1.54) is 6.33 Å². The summed E-state index contributed by atoms with van der Waals surface area (Å²) in [6.07, 6.45) is 4.07. The summed E-state index contributed by atoms with van der Waals surface area (Å²) in [4.78, 5) is 7.73. The van der Waals surface area contributed by atoms with E-state index < -0.39 is 0 Å². The van der Waals surface area contributed by atoms with Crippen LogP contribution in [0.4, 0.5) is 0 Å². The fourth-order valence-electron chi connectivity index (χ4n) is 1.21. The zero-order valence-corrected chi connectivity index (χ0v) is 8.44. The number of hydrogen-bond donors (Lipinski definition) is 1. The maximum atomic E-state index is 5.94. The van der Waals surface area contributed by atoms with Crippen LogP contribution >= 0.6 is 23.2 Å². The van der Waals surface area contributed by atoms with Gasteiger partial charge in [-0.1, -0.05) is 23.2 Å². The molecule has 1 aliphatic rings. The summed E-state index contributed by atoms with van der Waals surface area (Å²) in [5.74, 6) is 0. The van der Waals surface area contributed by atoms with E-state index in [4.69, 9.17) is 28.9 Å². The summed E-state index contributed by atoms with van der Waals surface area (Å²) in [5.41, 5.74) is 6.60. The van der Waals surface area contributed by atoms with E-state index in [1.54, 1.807) is 0 Å². The molecule has 0 radical (unpaired) electrons. The Kier molecular flexibility index (Phi) is 2.18. The standard InChI is InChI=1S/C8H9Cl2N3/c9-6-5(3-8(11)1-2-8)7(10)13-4-12-6/h4H,1-3,11H2. The van der Waals surface area contributed by atoms with Gasteiger partial charge in [-0.05, 0) is 19.3 Å². The zero-order valence-electron chi connectivity index (χ0n) is 6.93. The highest BCUT2D eigenvalue weighted by atomic mass is 35.5. The predicted molar refractivity (Wildman–Crippen MR) is 51.9 cm³/mol. The average Bonchev–Trinajstić information content (AvgIpc) is 2.78. The first kappa shape index (κ1) is 9.19. The zero-order chi connectivity index (χ0) is 9.47. The van der Waals surface area contributed by atoms with E-state index in [0.717, 1.165) is 18.4 Å². The molecule has 0 bridgehead atoms. The van der Waals surface area contributed by atoms with Gasteiger partial charge < -0.3 is 5.73 Å². The lowest BCUT2D eigenvalue weighted by Gasteiger charge is -2.09. The molecule has 3 nitrogen and oxygen atoms in total. The Bertz CT molecular complexity index is 316. The Morgan fingerprint density at radius 2 is 1.85 bits per heavy atom. The van der Waals surface area contributed by atoms with Crippen LogP contribution in [0.15, 0.2) is 6.33 Å². The summed E-state index contributed by atoms with van der Waals surface area (Å²) in [6, 6.07) is 0. The Morgan fingerprint density at radius 1 is 1.31 bits per heavy atom. The second kappa shape index (κ2) is 3.08. The van der Waals surface area contributed by atoms with Gasteiger partial charge in [0.25, 0.3) is 0 Å². The van der Waals surface area contributed by atoms with Crippen molar-refractivity contribution in [1.29, 1.82) is 0 Å². The molecule has 0 aromatic carbocycles. The summed E-state index contributed by atoms with van der Waals surface area (Å²) in [5, 5.41) is 0.827. The first-order chi connectivity index (χ1) is 6.11. The van der Waals surface area contributed by atoms with E-state index >= 15 is 0 Å². The Labute approximate surface area is 86.3 Å². The molecule has 1 aromatic heterocycles. The topological polar surface area (TPSA) is 51.8 Å². The number of hydrogen-bond acceptors (Lipinski definition) is 3. The Balaban J connectivity index is 2.28. The predicted octanol–water partition coefficient (Wildman–Crippen LogP) is 1.82. The van der Waals surface area contributed by atoms with E-state index in [2.05, 4.69) is 9.97 Å². The summed E-state index contributed by atoms with van der Waals surface area (Å²) in [6.45, 7) is 0. The van der Waals surface area contributed by atoms with Crippen LogP contribution < -0.4 is 5.73 Å². The number of nitrogens with two attached hydrogens (primary N) is 1. The van der Waals surface area contributed by atoms with Crippen molar-refractivity contribution in [3.63, 3.8) is 0 Å². The summed E-state index contributed by atoms with van der Waals surface area (Å²) in [7, 11) is 0. The van der Waals surface area contributed by atoms with Crippen LogP contribution in [-0.4, -0.2) is 15.5 Å². The van der Waals surface area contributed by atoms with Crippen molar-refractivity contribution in [2.45, 2.75) is 24.8 Å². The molecule has 1 aromatic rings. The quantitative estimate of drug-likeness (QED) is 0.770. The molecule has 1 heterocycles. The van der Waals surface area contributed by atoms with Gasteiger partial charge in [0.1, 0.15) is 16.6 Å². The molecule has 0 amide bonds. The molecule has 1 saturated carbocycles. The molecule has 13 heavy (non-hydrogen) atoms. The molecule has 0 atom stereocenters. The molecule has 0 spiro atoms.